The molecule has 2 N–H and O–H groups in total. The summed E-state index contributed by atoms with van der Waals surface area (Å²) >= 11 is 6.34. The molecule has 1 fully saturated rings. The Bertz CT molecular complexity index is 980. The van der Waals surface area contributed by atoms with Crippen LogP contribution < -0.4 is 10.6 Å². The number of likely N-dealkylation sites (tertiary alicyclic amines) is 1. The molecule has 2 aromatic rings. The van der Waals surface area contributed by atoms with Gasteiger partial charge in [0.05, 0.1) is 17.8 Å². The van der Waals surface area contributed by atoms with Gasteiger partial charge in [-0.05, 0) is 42.0 Å². The fraction of sp³-hybridized carbons (Fsp3) is 0.375. The van der Waals surface area contributed by atoms with E-state index in [4.69, 9.17) is 11.6 Å². The van der Waals surface area contributed by atoms with Gasteiger partial charge in [0.1, 0.15) is 12.1 Å². The van der Waals surface area contributed by atoms with Gasteiger partial charge in [0.25, 0.3) is 0 Å². The molecule has 1 saturated heterocycles. The third-order valence-electron chi connectivity index (χ3n) is 5.56. The molecule has 32 heavy (non-hydrogen) atoms. The predicted molar refractivity (Wildman–Crippen MR) is 124 cm³/mol. The SMILES string of the molecule is COC(=O)NC(C(=O)N1CCCC1C(=O)Nc1cc(-c2ccccc2)ccc1Cl)C(C)C. The Morgan fingerprint density at radius 1 is 1.09 bits per heavy atom. The molecule has 0 aromatic heterocycles. The van der Waals surface area contributed by atoms with Crippen LogP contribution in [-0.4, -0.2) is 48.5 Å². The Hall–Kier alpha value is -3.06. The summed E-state index contributed by atoms with van der Waals surface area (Å²) in [6, 6.07) is 13.8. The lowest BCUT2D eigenvalue weighted by Crippen LogP contribution is -2.54. The van der Waals surface area contributed by atoms with E-state index in [1.165, 1.54) is 12.0 Å². The molecule has 8 heteroatoms. The average molecular weight is 458 g/mol. The van der Waals surface area contributed by atoms with Gasteiger partial charge in [-0.2, -0.15) is 0 Å². The van der Waals surface area contributed by atoms with Gasteiger partial charge in [-0.25, -0.2) is 4.79 Å². The summed E-state index contributed by atoms with van der Waals surface area (Å²) in [5.74, 6) is -0.765. The molecule has 1 aliphatic heterocycles. The summed E-state index contributed by atoms with van der Waals surface area (Å²) in [5.41, 5.74) is 2.42. The van der Waals surface area contributed by atoms with Gasteiger partial charge in [0.15, 0.2) is 0 Å². The van der Waals surface area contributed by atoms with Crippen LogP contribution in [0.4, 0.5) is 10.5 Å². The number of hydrogen-bond donors (Lipinski definition) is 2. The third-order valence-corrected chi connectivity index (χ3v) is 5.89. The lowest BCUT2D eigenvalue weighted by Gasteiger charge is -2.30. The Morgan fingerprint density at radius 2 is 1.81 bits per heavy atom. The van der Waals surface area contributed by atoms with Gasteiger partial charge in [-0.3, -0.25) is 9.59 Å². The van der Waals surface area contributed by atoms with Gasteiger partial charge in [-0.1, -0.05) is 61.8 Å². The molecule has 0 aliphatic carbocycles. The molecular formula is C24H28ClN3O4. The summed E-state index contributed by atoms with van der Waals surface area (Å²) in [4.78, 5) is 39.5. The van der Waals surface area contributed by atoms with E-state index in [1.54, 1.807) is 6.07 Å². The minimum Gasteiger partial charge on any atom is -0.453 e. The zero-order valence-corrected chi connectivity index (χ0v) is 19.2. The highest BCUT2D eigenvalue weighted by Gasteiger charge is 2.38. The molecule has 1 heterocycles. The highest BCUT2D eigenvalue weighted by atomic mass is 35.5. The molecule has 2 atom stereocenters. The maximum absolute atomic E-state index is 13.2. The Kier molecular flexibility index (Phi) is 7.75. The van der Waals surface area contributed by atoms with E-state index < -0.39 is 18.2 Å². The summed E-state index contributed by atoms with van der Waals surface area (Å²) in [6.07, 6.45) is 0.558. The van der Waals surface area contributed by atoms with E-state index in [9.17, 15) is 14.4 Å². The van der Waals surface area contributed by atoms with Crippen molar-refractivity contribution in [2.75, 3.05) is 19.0 Å². The van der Waals surface area contributed by atoms with Crippen molar-refractivity contribution in [3.05, 3.63) is 53.6 Å². The first-order valence-electron chi connectivity index (χ1n) is 10.6. The Balaban J connectivity index is 1.77. The highest BCUT2D eigenvalue weighted by Crippen LogP contribution is 2.30. The van der Waals surface area contributed by atoms with E-state index in [0.29, 0.717) is 30.1 Å². The number of ether oxygens (including phenoxy) is 1. The number of hydrogen-bond acceptors (Lipinski definition) is 4. The minimum atomic E-state index is -0.777. The van der Waals surface area contributed by atoms with Gasteiger partial charge in [-0.15, -0.1) is 0 Å². The van der Waals surface area contributed by atoms with Crippen LogP contribution in [0.1, 0.15) is 26.7 Å². The molecule has 0 saturated carbocycles. The number of halogens is 1. The second kappa shape index (κ2) is 10.5. The first kappa shape index (κ1) is 23.6. The maximum atomic E-state index is 13.2. The van der Waals surface area contributed by atoms with Crippen LogP contribution in [0.5, 0.6) is 0 Å². The summed E-state index contributed by atoms with van der Waals surface area (Å²) in [7, 11) is 1.25. The second-order valence-electron chi connectivity index (χ2n) is 8.10. The number of nitrogens with one attached hydrogen (secondary N) is 2. The first-order valence-corrected chi connectivity index (χ1v) is 11.0. The second-order valence-corrected chi connectivity index (χ2v) is 8.50. The molecule has 2 aromatic carbocycles. The normalized spacial score (nSPS) is 16.5. The summed E-state index contributed by atoms with van der Waals surface area (Å²) in [5, 5.41) is 5.89. The van der Waals surface area contributed by atoms with E-state index in [0.717, 1.165) is 11.1 Å². The molecule has 3 rings (SSSR count). The van der Waals surface area contributed by atoms with Crippen LogP contribution in [0.25, 0.3) is 11.1 Å². The molecular weight excluding hydrogens is 430 g/mol. The lowest BCUT2D eigenvalue weighted by molar-refractivity contribution is -0.139. The monoisotopic (exact) mass is 457 g/mol. The zero-order chi connectivity index (χ0) is 23.3. The molecule has 170 valence electrons. The molecule has 0 spiro atoms. The van der Waals surface area contributed by atoms with E-state index >= 15 is 0 Å². The van der Waals surface area contributed by atoms with E-state index in [1.807, 2.05) is 56.3 Å². The number of alkyl carbamates (subject to hydrolysis) is 1. The van der Waals surface area contributed by atoms with Crippen molar-refractivity contribution in [3.8, 4) is 11.1 Å². The number of rotatable bonds is 6. The molecule has 7 nitrogen and oxygen atoms in total. The van der Waals surface area contributed by atoms with Gasteiger partial charge >= 0.3 is 6.09 Å². The van der Waals surface area contributed by atoms with E-state index in [-0.39, 0.29) is 17.7 Å². The molecule has 0 radical (unpaired) electrons. The number of carbonyl (C=O) groups is 3. The number of anilines is 1. The van der Waals surface area contributed by atoms with Crippen molar-refractivity contribution < 1.29 is 19.1 Å². The average Bonchev–Trinajstić information content (AvgIpc) is 3.29. The fourth-order valence-corrected chi connectivity index (χ4v) is 3.99. The van der Waals surface area contributed by atoms with Crippen molar-refractivity contribution in [1.82, 2.24) is 10.2 Å². The standard InChI is InChI=1S/C24H28ClN3O4/c1-15(2)21(27-24(31)32-3)23(30)28-13-7-10-20(28)22(29)26-19-14-17(11-12-18(19)25)16-8-5-4-6-9-16/h4-6,8-9,11-12,14-15,20-21H,7,10,13H2,1-3H3,(H,26,29)(H,27,31). The number of nitrogens with zero attached hydrogens (tertiary/aromatic N) is 1. The number of amides is 3. The molecule has 2 unspecified atom stereocenters. The molecule has 1 aliphatic rings. The number of benzene rings is 2. The quantitative estimate of drug-likeness (QED) is 0.676. The van der Waals surface area contributed by atoms with Gasteiger partial charge in [0.2, 0.25) is 11.8 Å². The maximum Gasteiger partial charge on any atom is 0.407 e. The Morgan fingerprint density at radius 3 is 2.47 bits per heavy atom. The minimum absolute atomic E-state index is 0.164. The van der Waals surface area contributed by atoms with Crippen molar-refractivity contribution in [3.63, 3.8) is 0 Å². The summed E-state index contributed by atoms with van der Waals surface area (Å²) in [6.45, 7) is 4.11. The fourth-order valence-electron chi connectivity index (χ4n) is 3.83. The zero-order valence-electron chi connectivity index (χ0n) is 18.4. The van der Waals surface area contributed by atoms with Crippen LogP contribution >= 0.6 is 11.6 Å². The van der Waals surface area contributed by atoms with Crippen LogP contribution in [0.15, 0.2) is 48.5 Å². The van der Waals surface area contributed by atoms with Crippen molar-refractivity contribution in [2.24, 2.45) is 5.92 Å². The van der Waals surface area contributed by atoms with Crippen LogP contribution in [0, 0.1) is 5.92 Å². The van der Waals surface area contributed by atoms with Crippen LogP contribution in [0.2, 0.25) is 5.02 Å². The van der Waals surface area contributed by atoms with Crippen molar-refractivity contribution in [2.45, 2.75) is 38.8 Å². The van der Waals surface area contributed by atoms with Gasteiger partial charge in [0, 0.05) is 6.54 Å². The molecule has 3 amide bonds. The highest BCUT2D eigenvalue weighted by molar-refractivity contribution is 6.34. The number of methoxy groups -OCH3 is 1. The van der Waals surface area contributed by atoms with Crippen molar-refractivity contribution in [1.29, 1.82) is 0 Å². The Labute approximate surface area is 193 Å². The summed E-state index contributed by atoms with van der Waals surface area (Å²) < 4.78 is 4.64. The van der Waals surface area contributed by atoms with Gasteiger partial charge < -0.3 is 20.3 Å². The largest absolute Gasteiger partial charge is 0.453 e. The lowest BCUT2D eigenvalue weighted by atomic mass is 10.0. The number of carbonyl (C=O) groups excluding carboxylic acids is 3. The van der Waals surface area contributed by atoms with Crippen LogP contribution in [0.3, 0.4) is 0 Å². The van der Waals surface area contributed by atoms with Crippen molar-refractivity contribution >= 4 is 35.2 Å². The van der Waals surface area contributed by atoms with Crippen LogP contribution in [-0.2, 0) is 14.3 Å². The first-order chi connectivity index (χ1) is 15.3. The van der Waals surface area contributed by atoms with E-state index in [2.05, 4.69) is 15.4 Å². The predicted octanol–water partition coefficient (Wildman–Crippen LogP) is 4.32. The topological polar surface area (TPSA) is 87.7 Å². The molecule has 0 bridgehead atoms. The third kappa shape index (κ3) is 5.40. The smallest absolute Gasteiger partial charge is 0.407 e.